The summed E-state index contributed by atoms with van der Waals surface area (Å²) in [6, 6.07) is 9.12. The highest BCUT2D eigenvalue weighted by atomic mass is 16.3. The van der Waals surface area contributed by atoms with E-state index in [-0.39, 0.29) is 28.7 Å². The Balaban J connectivity index is 3.52. The minimum absolute atomic E-state index is 0.121. The van der Waals surface area contributed by atoms with Crippen LogP contribution in [0.4, 0.5) is 0 Å². The highest BCUT2D eigenvalue weighted by Gasteiger charge is 2.14. The lowest BCUT2D eigenvalue weighted by molar-refractivity contribution is 0.454. The first kappa shape index (κ1) is 18.0. The zero-order chi connectivity index (χ0) is 17.6. The molecule has 0 bridgehead atoms. The number of aromatic hydroxyl groups is 1. The number of hydrogen-bond donors (Lipinski definition) is 1. The van der Waals surface area contributed by atoms with E-state index in [2.05, 4.69) is 0 Å². The van der Waals surface area contributed by atoms with Gasteiger partial charge in [-0.3, -0.25) is 0 Å². The van der Waals surface area contributed by atoms with Gasteiger partial charge in [0.2, 0.25) is 0 Å². The molecule has 0 heterocycles. The highest BCUT2D eigenvalue weighted by molar-refractivity contribution is 5.65. The van der Waals surface area contributed by atoms with Crippen LogP contribution in [-0.2, 0) is 0 Å². The number of phenolic OH excluding ortho intramolecular Hbond substituents is 1. The molecule has 0 atom stereocenters. The van der Waals surface area contributed by atoms with Crippen LogP contribution in [0.15, 0.2) is 29.4 Å². The van der Waals surface area contributed by atoms with Crippen molar-refractivity contribution in [3.63, 3.8) is 0 Å². The molecular weight excluding hydrogens is 286 g/mol. The monoisotopic (exact) mass is 305 g/mol. The molecule has 1 aromatic carbocycles. The molecule has 0 aliphatic heterocycles. The standard InChI is InChI=1S/C19H19N3O/c1-12(2)17-7-14(8-18(13(3)4)19(17)23)5-15(9-20)6-16(10-21)11-22/h5-8,12-13,23H,1-4H3. The van der Waals surface area contributed by atoms with E-state index in [1.165, 1.54) is 6.08 Å². The Morgan fingerprint density at radius 2 is 1.43 bits per heavy atom. The molecule has 23 heavy (non-hydrogen) atoms. The zero-order valence-corrected chi connectivity index (χ0v) is 13.8. The molecule has 0 aromatic heterocycles. The van der Waals surface area contributed by atoms with Crippen LogP contribution >= 0.6 is 0 Å². The minimum Gasteiger partial charge on any atom is -0.507 e. The van der Waals surface area contributed by atoms with Crippen molar-refractivity contribution in [3.05, 3.63) is 46.0 Å². The lowest BCUT2D eigenvalue weighted by Gasteiger charge is -2.16. The summed E-state index contributed by atoms with van der Waals surface area (Å²) in [5.41, 5.74) is 2.48. The summed E-state index contributed by atoms with van der Waals surface area (Å²) in [5, 5.41) is 37.2. The van der Waals surface area contributed by atoms with Crippen molar-refractivity contribution >= 4 is 6.08 Å². The van der Waals surface area contributed by atoms with Crippen molar-refractivity contribution in [3.8, 4) is 24.0 Å². The molecule has 4 heteroatoms. The number of hydrogen-bond acceptors (Lipinski definition) is 4. The van der Waals surface area contributed by atoms with E-state index in [0.717, 1.165) is 16.7 Å². The Kier molecular flexibility index (Phi) is 6.13. The smallest absolute Gasteiger partial charge is 0.130 e. The SMILES string of the molecule is CC(C)c1cc(C=C(C#N)C=C(C#N)C#N)cc(C(C)C)c1O. The van der Waals surface area contributed by atoms with Crippen molar-refractivity contribution in [1.82, 2.24) is 0 Å². The van der Waals surface area contributed by atoms with Gasteiger partial charge in [-0.25, -0.2) is 0 Å². The van der Waals surface area contributed by atoms with Crippen LogP contribution in [-0.4, -0.2) is 5.11 Å². The first-order chi connectivity index (χ1) is 10.8. The van der Waals surface area contributed by atoms with E-state index in [4.69, 9.17) is 10.5 Å². The van der Waals surface area contributed by atoms with Crippen molar-refractivity contribution in [2.75, 3.05) is 0 Å². The van der Waals surface area contributed by atoms with E-state index < -0.39 is 0 Å². The minimum atomic E-state index is -0.121. The van der Waals surface area contributed by atoms with E-state index >= 15 is 0 Å². The van der Waals surface area contributed by atoms with Crippen LogP contribution in [0.25, 0.3) is 6.08 Å². The molecule has 116 valence electrons. The van der Waals surface area contributed by atoms with Gasteiger partial charge in [-0.2, -0.15) is 15.8 Å². The van der Waals surface area contributed by atoms with E-state index in [1.54, 1.807) is 18.2 Å². The fourth-order valence-corrected chi connectivity index (χ4v) is 2.20. The van der Waals surface area contributed by atoms with Crippen molar-refractivity contribution < 1.29 is 5.11 Å². The third-order valence-electron chi connectivity index (χ3n) is 3.43. The van der Waals surface area contributed by atoms with Crippen molar-refractivity contribution in [2.45, 2.75) is 39.5 Å². The molecule has 0 aliphatic carbocycles. The summed E-state index contributed by atoms with van der Waals surface area (Å²) in [7, 11) is 0. The lowest BCUT2D eigenvalue weighted by atomic mass is 9.91. The summed E-state index contributed by atoms with van der Waals surface area (Å²) in [6.07, 6.45) is 2.88. The molecule has 0 aliphatic rings. The van der Waals surface area contributed by atoms with E-state index in [0.29, 0.717) is 0 Å². The van der Waals surface area contributed by atoms with Crippen LogP contribution in [0.5, 0.6) is 5.75 Å². The summed E-state index contributed by atoms with van der Waals surface area (Å²) >= 11 is 0. The second kappa shape index (κ2) is 7.83. The van der Waals surface area contributed by atoms with Crippen LogP contribution in [0, 0.1) is 34.0 Å². The molecule has 1 rings (SSSR count). The summed E-state index contributed by atoms with van der Waals surface area (Å²) in [6.45, 7) is 7.95. The van der Waals surface area contributed by atoms with Gasteiger partial charge in [-0.05, 0) is 52.8 Å². The maximum absolute atomic E-state index is 10.4. The number of nitriles is 3. The first-order valence-electron chi connectivity index (χ1n) is 7.34. The molecule has 1 aromatic rings. The van der Waals surface area contributed by atoms with Gasteiger partial charge < -0.3 is 5.11 Å². The average Bonchev–Trinajstić information content (AvgIpc) is 2.51. The van der Waals surface area contributed by atoms with Gasteiger partial charge in [0.15, 0.2) is 0 Å². The second-order valence-corrected chi connectivity index (χ2v) is 5.85. The van der Waals surface area contributed by atoms with E-state index in [1.807, 2.05) is 45.9 Å². The van der Waals surface area contributed by atoms with Gasteiger partial charge in [0.25, 0.3) is 0 Å². The topological polar surface area (TPSA) is 91.6 Å². The molecule has 4 nitrogen and oxygen atoms in total. The Labute approximate surface area is 137 Å². The normalized spacial score (nSPS) is 10.8. The fourth-order valence-electron chi connectivity index (χ4n) is 2.20. The van der Waals surface area contributed by atoms with E-state index in [9.17, 15) is 10.4 Å². The number of allylic oxidation sites excluding steroid dienone is 3. The predicted octanol–water partition coefficient (Wildman–Crippen LogP) is 4.52. The third kappa shape index (κ3) is 4.47. The molecular formula is C19H19N3O. The molecule has 0 fully saturated rings. The van der Waals surface area contributed by atoms with Crippen molar-refractivity contribution in [1.29, 1.82) is 15.8 Å². The Morgan fingerprint density at radius 1 is 0.957 bits per heavy atom. The zero-order valence-electron chi connectivity index (χ0n) is 13.8. The van der Waals surface area contributed by atoms with Crippen LogP contribution in [0.2, 0.25) is 0 Å². The van der Waals surface area contributed by atoms with Gasteiger partial charge in [-0.1, -0.05) is 27.7 Å². The molecule has 0 amide bonds. The average molecular weight is 305 g/mol. The molecule has 0 unspecified atom stereocenters. The quantitative estimate of drug-likeness (QED) is 0.654. The number of nitrogens with zero attached hydrogens (tertiary/aromatic N) is 3. The number of rotatable bonds is 4. The Morgan fingerprint density at radius 3 is 1.78 bits per heavy atom. The van der Waals surface area contributed by atoms with Gasteiger partial charge in [0, 0.05) is 0 Å². The lowest BCUT2D eigenvalue weighted by Crippen LogP contribution is -1.97. The Hall–Kier alpha value is -3.03. The van der Waals surface area contributed by atoms with Gasteiger partial charge >= 0.3 is 0 Å². The highest BCUT2D eigenvalue weighted by Crippen LogP contribution is 2.35. The molecule has 0 saturated heterocycles. The molecule has 0 saturated carbocycles. The molecule has 0 radical (unpaired) electrons. The number of benzene rings is 1. The maximum atomic E-state index is 10.4. The van der Waals surface area contributed by atoms with Gasteiger partial charge in [0.1, 0.15) is 23.5 Å². The van der Waals surface area contributed by atoms with Gasteiger partial charge in [0.05, 0.1) is 11.6 Å². The summed E-state index contributed by atoms with van der Waals surface area (Å²) in [5.74, 6) is 0.558. The second-order valence-electron chi connectivity index (χ2n) is 5.85. The van der Waals surface area contributed by atoms with Crippen LogP contribution in [0.1, 0.15) is 56.2 Å². The first-order valence-corrected chi connectivity index (χ1v) is 7.34. The maximum Gasteiger partial charge on any atom is 0.130 e. The van der Waals surface area contributed by atoms with Gasteiger partial charge in [-0.15, -0.1) is 0 Å². The Bertz CT molecular complexity index is 733. The summed E-state index contributed by atoms with van der Waals surface area (Å²) in [4.78, 5) is 0. The van der Waals surface area contributed by atoms with Crippen LogP contribution in [0.3, 0.4) is 0 Å². The fraction of sp³-hybridized carbons (Fsp3) is 0.316. The predicted molar refractivity (Wildman–Crippen MR) is 89.2 cm³/mol. The number of phenols is 1. The summed E-state index contributed by atoms with van der Waals surface area (Å²) < 4.78 is 0. The largest absolute Gasteiger partial charge is 0.507 e. The third-order valence-corrected chi connectivity index (χ3v) is 3.43. The molecule has 1 N–H and O–H groups in total. The van der Waals surface area contributed by atoms with Crippen molar-refractivity contribution in [2.24, 2.45) is 0 Å². The van der Waals surface area contributed by atoms with Crippen LogP contribution < -0.4 is 0 Å². The molecule has 0 spiro atoms.